The van der Waals surface area contributed by atoms with Crippen LogP contribution in [0.1, 0.15) is 0 Å². The third-order valence-electron chi connectivity index (χ3n) is 10.5. The Balaban J connectivity index is 1.04. The number of benzene rings is 9. The van der Waals surface area contributed by atoms with Crippen molar-refractivity contribution in [2.75, 3.05) is 0 Å². The van der Waals surface area contributed by atoms with Crippen LogP contribution in [0, 0.1) is 0 Å². The third kappa shape index (κ3) is 4.18. The number of hydrogen-bond donors (Lipinski definition) is 0. The first-order valence-corrected chi connectivity index (χ1v) is 18.5. The van der Waals surface area contributed by atoms with Crippen LogP contribution >= 0.6 is 7.92 Å². The van der Waals surface area contributed by atoms with Crippen molar-refractivity contribution in [1.29, 1.82) is 0 Å². The Morgan fingerprint density at radius 3 is 1.60 bits per heavy atom. The van der Waals surface area contributed by atoms with Crippen molar-refractivity contribution < 1.29 is 4.42 Å². The summed E-state index contributed by atoms with van der Waals surface area (Å²) in [5.41, 5.74) is 9.43. The van der Waals surface area contributed by atoms with Crippen molar-refractivity contribution in [3.8, 4) is 33.4 Å². The number of hydrogen-bond acceptors (Lipinski definition) is 1. The van der Waals surface area contributed by atoms with Gasteiger partial charge in [-0.25, -0.2) is 0 Å². The lowest BCUT2D eigenvalue weighted by Crippen LogP contribution is -2.20. The molecule has 0 saturated carbocycles. The Morgan fingerprint density at radius 2 is 0.900 bits per heavy atom. The number of fused-ring (bicyclic) bond motifs is 9. The molecule has 0 atom stereocenters. The van der Waals surface area contributed by atoms with Gasteiger partial charge in [-0.05, 0) is 120 Å². The second kappa shape index (κ2) is 10.7. The molecule has 9 aromatic carbocycles. The Hall–Kier alpha value is -6.01. The van der Waals surface area contributed by atoms with Crippen molar-refractivity contribution in [3.05, 3.63) is 176 Å². The van der Waals surface area contributed by atoms with Crippen LogP contribution < -0.4 is 15.9 Å². The standard InChI is InChI=1S/C48H29OP/c1-3-10-33-26-37(23-18-30(33)8-1)50(38-24-19-31-9-2-4-11-34(31)27-38)36-21-16-32(17-22-36)35-20-25-45-44(28-35)48-42-15-7-14-41-39-12-5-6-13-40(39)43(47(41)42)29-46(48)49-45/h1-29H. The molecule has 11 rings (SSSR count). The summed E-state index contributed by atoms with van der Waals surface area (Å²) in [7, 11) is -0.773. The van der Waals surface area contributed by atoms with E-state index in [0.717, 1.165) is 16.6 Å². The molecule has 0 saturated heterocycles. The average Bonchev–Trinajstić information content (AvgIpc) is 3.71. The highest BCUT2D eigenvalue weighted by molar-refractivity contribution is 7.79. The highest BCUT2D eigenvalue weighted by atomic mass is 31.1. The molecule has 1 nitrogen and oxygen atoms in total. The summed E-state index contributed by atoms with van der Waals surface area (Å²) in [6, 6.07) is 64.9. The van der Waals surface area contributed by atoms with Crippen LogP contribution in [0.2, 0.25) is 0 Å². The summed E-state index contributed by atoms with van der Waals surface area (Å²) in [5.74, 6) is 0. The molecular formula is C48H29OP. The maximum absolute atomic E-state index is 6.54. The van der Waals surface area contributed by atoms with E-state index >= 15 is 0 Å². The molecule has 1 heterocycles. The lowest BCUT2D eigenvalue weighted by atomic mass is 9.97. The largest absolute Gasteiger partial charge is 0.456 e. The van der Waals surface area contributed by atoms with E-state index in [1.54, 1.807) is 0 Å². The first kappa shape index (κ1) is 27.9. The third-order valence-corrected chi connectivity index (χ3v) is 12.9. The minimum absolute atomic E-state index is 0.773. The van der Waals surface area contributed by atoms with Crippen molar-refractivity contribution in [1.82, 2.24) is 0 Å². The lowest BCUT2D eigenvalue weighted by molar-refractivity contribution is 0.669. The molecular weight excluding hydrogens is 624 g/mol. The quantitative estimate of drug-likeness (QED) is 0.172. The van der Waals surface area contributed by atoms with Crippen molar-refractivity contribution in [3.63, 3.8) is 0 Å². The van der Waals surface area contributed by atoms with E-state index in [9.17, 15) is 0 Å². The predicted molar refractivity (Wildman–Crippen MR) is 215 cm³/mol. The summed E-state index contributed by atoms with van der Waals surface area (Å²) in [6.07, 6.45) is 0. The highest BCUT2D eigenvalue weighted by Gasteiger charge is 2.24. The van der Waals surface area contributed by atoms with Gasteiger partial charge >= 0.3 is 0 Å². The molecule has 0 spiro atoms. The van der Waals surface area contributed by atoms with Crippen LogP contribution in [-0.2, 0) is 0 Å². The van der Waals surface area contributed by atoms with Crippen LogP contribution in [0.4, 0.5) is 0 Å². The molecule has 10 aromatic rings. The number of rotatable bonds is 4. The van der Waals surface area contributed by atoms with E-state index in [1.807, 2.05) is 0 Å². The molecule has 0 N–H and O–H groups in total. The molecule has 1 aliphatic carbocycles. The first-order chi connectivity index (χ1) is 24.8. The van der Waals surface area contributed by atoms with Gasteiger partial charge < -0.3 is 4.42 Å². The molecule has 0 bridgehead atoms. The van der Waals surface area contributed by atoms with E-state index in [1.165, 1.54) is 87.0 Å². The minimum atomic E-state index is -0.773. The minimum Gasteiger partial charge on any atom is -0.456 e. The second-order valence-electron chi connectivity index (χ2n) is 13.3. The molecule has 0 radical (unpaired) electrons. The molecule has 0 fully saturated rings. The van der Waals surface area contributed by atoms with Crippen molar-refractivity contribution >= 4 is 78.1 Å². The second-order valence-corrected chi connectivity index (χ2v) is 15.5. The van der Waals surface area contributed by atoms with E-state index in [2.05, 4.69) is 176 Å². The summed E-state index contributed by atoms with van der Waals surface area (Å²) in [6.45, 7) is 0. The summed E-state index contributed by atoms with van der Waals surface area (Å²) >= 11 is 0. The zero-order valence-corrected chi connectivity index (χ0v) is 28.0. The van der Waals surface area contributed by atoms with E-state index in [0.29, 0.717) is 0 Å². The normalized spacial score (nSPS) is 12.2. The maximum atomic E-state index is 6.54. The fourth-order valence-corrected chi connectivity index (χ4v) is 10.5. The zero-order chi connectivity index (χ0) is 32.8. The van der Waals surface area contributed by atoms with E-state index in [-0.39, 0.29) is 0 Å². The smallest absolute Gasteiger partial charge is 0.136 e. The Kier molecular flexibility index (Phi) is 5.99. The lowest BCUT2D eigenvalue weighted by Gasteiger charge is -2.21. The van der Waals surface area contributed by atoms with Gasteiger partial charge in [-0.1, -0.05) is 146 Å². The van der Waals surface area contributed by atoms with E-state index in [4.69, 9.17) is 4.42 Å². The van der Waals surface area contributed by atoms with Crippen LogP contribution in [-0.4, -0.2) is 0 Å². The van der Waals surface area contributed by atoms with Gasteiger partial charge in [0.2, 0.25) is 0 Å². The van der Waals surface area contributed by atoms with Gasteiger partial charge in [-0.3, -0.25) is 0 Å². The molecule has 0 amide bonds. The fourth-order valence-electron chi connectivity index (χ4n) is 8.20. The Labute approximate surface area is 290 Å². The maximum Gasteiger partial charge on any atom is 0.136 e. The van der Waals surface area contributed by atoms with Crippen LogP contribution in [0.5, 0.6) is 0 Å². The SMILES string of the molecule is c1ccc2c(c1)-c1cccc3c1c-2cc1oc2ccc(-c4ccc(P(c5ccc6ccccc6c5)c5ccc6ccccc6c5)cc4)cc2c13. The molecule has 1 aromatic heterocycles. The molecule has 2 heteroatoms. The predicted octanol–water partition coefficient (Wildman–Crippen LogP) is 12.1. The summed E-state index contributed by atoms with van der Waals surface area (Å²) in [4.78, 5) is 0. The average molecular weight is 653 g/mol. The molecule has 0 unspecified atom stereocenters. The molecule has 0 aliphatic heterocycles. The van der Waals surface area contributed by atoms with Crippen LogP contribution in [0.25, 0.3) is 87.6 Å². The number of furan rings is 1. The Bertz CT molecular complexity index is 2910. The zero-order valence-electron chi connectivity index (χ0n) is 27.1. The van der Waals surface area contributed by atoms with Crippen molar-refractivity contribution in [2.45, 2.75) is 0 Å². The van der Waals surface area contributed by atoms with Gasteiger partial charge in [-0.15, -0.1) is 0 Å². The van der Waals surface area contributed by atoms with Gasteiger partial charge in [0.05, 0.1) is 0 Å². The van der Waals surface area contributed by atoms with Crippen molar-refractivity contribution in [2.24, 2.45) is 0 Å². The summed E-state index contributed by atoms with van der Waals surface area (Å²) in [5, 5.41) is 14.1. The molecule has 232 valence electrons. The monoisotopic (exact) mass is 652 g/mol. The van der Waals surface area contributed by atoms with Gasteiger partial charge in [-0.2, -0.15) is 0 Å². The molecule has 50 heavy (non-hydrogen) atoms. The molecule has 1 aliphatic rings. The first-order valence-electron chi connectivity index (χ1n) is 17.2. The fraction of sp³-hybridized carbons (Fsp3) is 0. The Morgan fingerprint density at radius 1 is 0.320 bits per heavy atom. The van der Waals surface area contributed by atoms with E-state index < -0.39 is 7.92 Å². The van der Waals surface area contributed by atoms with Crippen LogP contribution in [0.3, 0.4) is 0 Å². The van der Waals surface area contributed by atoms with Gasteiger partial charge in [0.1, 0.15) is 11.2 Å². The van der Waals surface area contributed by atoms with Gasteiger partial charge in [0.25, 0.3) is 0 Å². The van der Waals surface area contributed by atoms with Gasteiger partial charge in [0.15, 0.2) is 0 Å². The summed E-state index contributed by atoms with van der Waals surface area (Å²) < 4.78 is 6.54. The highest BCUT2D eigenvalue weighted by Crippen LogP contribution is 2.51. The van der Waals surface area contributed by atoms with Gasteiger partial charge in [0, 0.05) is 10.8 Å². The van der Waals surface area contributed by atoms with Crippen LogP contribution in [0.15, 0.2) is 180 Å². The topological polar surface area (TPSA) is 13.1 Å².